The fraction of sp³-hybridized carbons (Fsp3) is 0.0800. The number of nitro groups is 1. The van der Waals surface area contributed by atoms with Crippen molar-refractivity contribution in [3.8, 4) is 11.5 Å². The lowest BCUT2D eigenvalue weighted by molar-refractivity contribution is -0.384. The number of carbonyl (C=O) groups is 3. The first-order valence-corrected chi connectivity index (χ1v) is 10.4. The van der Waals surface area contributed by atoms with Gasteiger partial charge in [-0.1, -0.05) is 18.2 Å². The predicted octanol–water partition coefficient (Wildman–Crippen LogP) is 3.85. The van der Waals surface area contributed by atoms with E-state index in [0.29, 0.717) is 22.6 Å². The molecular weight excluding hydrogens is 454 g/mol. The van der Waals surface area contributed by atoms with Gasteiger partial charge in [0.1, 0.15) is 23.7 Å². The Morgan fingerprint density at radius 2 is 1.66 bits per heavy atom. The number of nitro benzene ring substituents is 1. The van der Waals surface area contributed by atoms with Crippen LogP contribution in [0.3, 0.4) is 0 Å². The predicted molar refractivity (Wildman–Crippen MR) is 126 cm³/mol. The Morgan fingerprint density at radius 3 is 2.31 bits per heavy atom. The van der Waals surface area contributed by atoms with Crippen LogP contribution >= 0.6 is 0 Å². The zero-order valence-corrected chi connectivity index (χ0v) is 18.5. The van der Waals surface area contributed by atoms with E-state index < -0.39 is 22.8 Å². The van der Waals surface area contributed by atoms with E-state index in [1.807, 2.05) is 0 Å². The average molecular weight is 473 g/mol. The molecule has 3 aromatic carbocycles. The van der Waals surface area contributed by atoms with E-state index in [2.05, 4.69) is 5.32 Å². The lowest BCUT2D eigenvalue weighted by atomic mass is 10.1. The number of para-hydroxylation sites is 1. The van der Waals surface area contributed by atoms with Gasteiger partial charge in [0.25, 0.3) is 17.5 Å². The molecule has 10 heteroatoms. The second kappa shape index (κ2) is 9.87. The molecule has 3 aromatic rings. The Bertz CT molecular complexity index is 1330. The molecule has 0 atom stereocenters. The second-order valence-corrected chi connectivity index (χ2v) is 7.41. The first kappa shape index (κ1) is 23.2. The Labute approximate surface area is 199 Å². The fourth-order valence-corrected chi connectivity index (χ4v) is 3.38. The smallest absolute Gasteiger partial charge is 0.335 e. The van der Waals surface area contributed by atoms with Crippen LogP contribution in [0.2, 0.25) is 0 Å². The standard InChI is InChI=1S/C25H19N3O7/c1-34-20-12-10-18(11-13-20)27-24(30)21(23(29)26-25(27)31)14-17-4-2-3-5-22(17)35-15-16-6-8-19(9-7-16)28(32)33/h2-14H,15H2,1H3,(H,26,29,31)/b21-14+. The van der Waals surface area contributed by atoms with Crippen LogP contribution in [-0.2, 0) is 16.2 Å². The second-order valence-electron chi connectivity index (χ2n) is 7.41. The first-order valence-electron chi connectivity index (χ1n) is 10.4. The number of hydrogen-bond donors (Lipinski definition) is 1. The van der Waals surface area contributed by atoms with E-state index in [4.69, 9.17) is 9.47 Å². The van der Waals surface area contributed by atoms with Crippen molar-refractivity contribution in [1.82, 2.24) is 5.32 Å². The summed E-state index contributed by atoms with van der Waals surface area (Å²) in [6.07, 6.45) is 1.35. The van der Waals surface area contributed by atoms with Crippen LogP contribution in [0.4, 0.5) is 16.2 Å². The maximum atomic E-state index is 13.1. The topological polar surface area (TPSA) is 128 Å². The number of anilines is 1. The molecule has 1 aliphatic rings. The van der Waals surface area contributed by atoms with Gasteiger partial charge in [0.05, 0.1) is 17.7 Å². The van der Waals surface area contributed by atoms with Crippen LogP contribution < -0.4 is 19.7 Å². The van der Waals surface area contributed by atoms with E-state index in [9.17, 15) is 24.5 Å². The molecule has 0 spiro atoms. The van der Waals surface area contributed by atoms with Crippen LogP contribution in [0.15, 0.2) is 78.4 Å². The number of barbiturate groups is 1. The summed E-state index contributed by atoms with van der Waals surface area (Å²) in [6.45, 7) is 0.106. The van der Waals surface area contributed by atoms with Gasteiger partial charge in [-0.15, -0.1) is 0 Å². The molecule has 1 fully saturated rings. The highest BCUT2D eigenvalue weighted by Gasteiger charge is 2.37. The molecule has 35 heavy (non-hydrogen) atoms. The Kier molecular flexibility index (Phi) is 6.54. The molecular formula is C25H19N3O7. The highest BCUT2D eigenvalue weighted by atomic mass is 16.6. The van der Waals surface area contributed by atoms with Gasteiger partial charge in [-0.05, 0) is 54.1 Å². The van der Waals surface area contributed by atoms with E-state index >= 15 is 0 Å². The number of methoxy groups -OCH3 is 1. The molecule has 4 amide bonds. The van der Waals surface area contributed by atoms with Crippen LogP contribution in [0.1, 0.15) is 11.1 Å². The van der Waals surface area contributed by atoms with E-state index in [-0.39, 0.29) is 23.6 Å². The zero-order valence-electron chi connectivity index (χ0n) is 18.5. The number of carbonyl (C=O) groups excluding carboxylic acids is 3. The zero-order chi connectivity index (χ0) is 24.9. The Morgan fingerprint density at radius 1 is 0.971 bits per heavy atom. The number of amides is 4. The monoisotopic (exact) mass is 473 g/mol. The van der Waals surface area contributed by atoms with Gasteiger partial charge >= 0.3 is 6.03 Å². The fourth-order valence-electron chi connectivity index (χ4n) is 3.38. The molecule has 10 nitrogen and oxygen atoms in total. The molecule has 0 bridgehead atoms. The minimum Gasteiger partial charge on any atom is -0.497 e. The lowest BCUT2D eigenvalue weighted by Crippen LogP contribution is -2.54. The number of non-ortho nitro benzene ring substituents is 1. The maximum Gasteiger partial charge on any atom is 0.335 e. The third-order valence-corrected chi connectivity index (χ3v) is 5.19. The molecule has 0 aliphatic carbocycles. The normalized spacial score (nSPS) is 14.6. The largest absolute Gasteiger partial charge is 0.497 e. The maximum absolute atomic E-state index is 13.1. The van der Waals surface area contributed by atoms with Gasteiger partial charge in [-0.25, -0.2) is 9.69 Å². The van der Waals surface area contributed by atoms with Crippen molar-refractivity contribution in [3.05, 3.63) is 99.6 Å². The van der Waals surface area contributed by atoms with E-state index in [0.717, 1.165) is 4.90 Å². The summed E-state index contributed by atoms with van der Waals surface area (Å²) in [5.74, 6) is -0.680. The number of nitrogens with one attached hydrogen (secondary N) is 1. The number of nitrogens with zero attached hydrogens (tertiary/aromatic N) is 2. The number of rotatable bonds is 7. The lowest BCUT2D eigenvalue weighted by Gasteiger charge is -2.26. The summed E-state index contributed by atoms with van der Waals surface area (Å²) >= 11 is 0. The molecule has 1 saturated heterocycles. The number of hydrogen-bond acceptors (Lipinski definition) is 7. The molecule has 0 aromatic heterocycles. The van der Waals surface area contributed by atoms with Crippen LogP contribution in [0.5, 0.6) is 11.5 Å². The third kappa shape index (κ3) is 5.01. The SMILES string of the molecule is COc1ccc(N2C(=O)NC(=O)/C(=C\c3ccccc3OCc3ccc([N+](=O)[O-])cc3)C2=O)cc1. The molecule has 176 valence electrons. The average Bonchev–Trinajstić information content (AvgIpc) is 2.86. The van der Waals surface area contributed by atoms with Crippen LogP contribution in [0.25, 0.3) is 6.08 Å². The van der Waals surface area contributed by atoms with Crippen molar-refractivity contribution < 1.29 is 28.8 Å². The van der Waals surface area contributed by atoms with Crippen LogP contribution in [-0.4, -0.2) is 29.9 Å². The minimum atomic E-state index is -0.856. The summed E-state index contributed by atoms with van der Waals surface area (Å²) in [5, 5.41) is 13.0. The highest BCUT2D eigenvalue weighted by Crippen LogP contribution is 2.27. The van der Waals surface area contributed by atoms with Crippen molar-refractivity contribution >= 4 is 35.3 Å². The first-order chi connectivity index (χ1) is 16.9. The molecule has 4 rings (SSSR count). The van der Waals surface area contributed by atoms with Gasteiger partial charge < -0.3 is 9.47 Å². The molecule has 0 unspecified atom stereocenters. The Balaban J connectivity index is 1.59. The van der Waals surface area contributed by atoms with Crippen molar-refractivity contribution in [2.24, 2.45) is 0 Å². The van der Waals surface area contributed by atoms with E-state index in [1.165, 1.54) is 37.5 Å². The third-order valence-electron chi connectivity index (χ3n) is 5.19. The van der Waals surface area contributed by atoms with E-state index in [1.54, 1.807) is 48.5 Å². The summed E-state index contributed by atoms with van der Waals surface area (Å²) in [4.78, 5) is 49.3. The summed E-state index contributed by atoms with van der Waals surface area (Å²) in [6, 6.07) is 18.1. The highest BCUT2D eigenvalue weighted by molar-refractivity contribution is 6.39. The molecule has 0 radical (unpaired) electrons. The molecule has 0 saturated carbocycles. The van der Waals surface area contributed by atoms with Crippen LogP contribution in [0, 0.1) is 10.1 Å². The van der Waals surface area contributed by atoms with Gasteiger partial charge in [-0.2, -0.15) is 0 Å². The summed E-state index contributed by atoms with van der Waals surface area (Å²) in [7, 11) is 1.49. The van der Waals surface area contributed by atoms with Crippen molar-refractivity contribution in [3.63, 3.8) is 0 Å². The minimum absolute atomic E-state index is 0.0309. The quantitative estimate of drug-likeness (QED) is 0.239. The number of urea groups is 1. The molecule has 1 aliphatic heterocycles. The number of benzene rings is 3. The van der Waals surface area contributed by atoms with Gasteiger partial charge in [0, 0.05) is 17.7 Å². The van der Waals surface area contributed by atoms with Crippen molar-refractivity contribution in [2.45, 2.75) is 6.61 Å². The van der Waals surface area contributed by atoms with Crippen molar-refractivity contribution in [1.29, 1.82) is 0 Å². The molecule has 1 N–H and O–H groups in total. The number of imide groups is 2. The van der Waals surface area contributed by atoms with Gasteiger partial charge in [0.2, 0.25) is 0 Å². The molecule has 1 heterocycles. The van der Waals surface area contributed by atoms with Gasteiger partial charge in [-0.3, -0.25) is 25.0 Å². The summed E-state index contributed by atoms with van der Waals surface area (Å²) < 4.78 is 10.9. The Hall–Kier alpha value is -4.99. The van der Waals surface area contributed by atoms with Crippen molar-refractivity contribution in [2.75, 3.05) is 12.0 Å². The summed E-state index contributed by atoms with van der Waals surface area (Å²) in [5.41, 5.74) is 1.13. The van der Waals surface area contributed by atoms with Gasteiger partial charge in [0.15, 0.2) is 0 Å². The number of ether oxygens (including phenoxy) is 2.